The van der Waals surface area contributed by atoms with Gasteiger partial charge in [0.2, 0.25) is 0 Å². The predicted molar refractivity (Wildman–Crippen MR) is 83.2 cm³/mol. The molecular formula is C16H36N2. The largest absolute Gasteiger partial charge is 0.314 e. The van der Waals surface area contributed by atoms with Crippen molar-refractivity contribution in [3.05, 3.63) is 0 Å². The number of hydrogen-bond acceptors (Lipinski definition) is 2. The lowest BCUT2D eigenvalue weighted by Gasteiger charge is -2.32. The van der Waals surface area contributed by atoms with E-state index in [1.165, 1.54) is 38.8 Å². The van der Waals surface area contributed by atoms with Crippen molar-refractivity contribution < 1.29 is 0 Å². The van der Waals surface area contributed by atoms with Crippen LogP contribution >= 0.6 is 0 Å². The first kappa shape index (κ1) is 17.9. The summed E-state index contributed by atoms with van der Waals surface area (Å²) in [4.78, 5) is 2.65. The molecule has 2 nitrogen and oxygen atoms in total. The van der Waals surface area contributed by atoms with Crippen molar-refractivity contribution in [2.45, 2.75) is 79.3 Å². The topological polar surface area (TPSA) is 15.3 Å². The molecule has 18 heavy (non-hydrogen) atoms. The van der Waals surface area contributed by atoms with Crippen LogP contribution in [0.3, 0.4) is 0 Å². The van der Waals surface area contributed by atoms with E-state index in [-0.39, 0.29) is 0 Å². The van der Waals surface area contributed by atoms with Gasteiger partial charge in [-0.25, -0.2) is 0 Å². The average molecular weight is 256 g/mol. The van der Waals surface area contributed by atoms with Gasteiger partial charge in [-0.3, -0.25) is 0 Å². The van der Waals surface area contributed by atoms with E-state index in [0.717, 1.165) is 12.5 Å². The van der Waals surface area contributed by atoms with Crippen molar-refractivity contribution in [2.24, 2.45) is 5.92 Å². The van der Waals surface area contributed by atoms with E-state index in [9.17, 15) is 0 Å². The Labute approximate surface area is 116 Å². The Morgan fingerprint density at radius 3 is 2.06 bits per heavy atom. The number of nitrogens with one attached hydrogen (secondary N) is 1. The van der Waals surface area contributed by atoms with Gasteiger partial charge in [-0.05, 0) is 45.7 Å². The highest BCUT2D eigenvalue weighted by Gasteiger charge is 2.17. The maximum Gasteiger partial charge on any atom is 0.00816 e. The summed E-state index contributed by atoms with van der Waals surface area (Å²) in [6.07, 6.45) is 5.10. The molecule has 0 saturated carbocycles. The third kappa shape index (κ3) is 7.38. The summed E-state index contributed by atoms with van der Waals surface area (Å²) in [6.45, 7) is 17.5. The zero-order chi connectivity index (χ0) is 14.0. The molecule has 2 atom stereocenters. The first-order chi connectivity index (χ1) is 8.58. The van der Waals surface area contributed by atoms with E-state index >= 15 is 0 Å². The van der Waals surface area contributed by atoms with Gasteiger partial charge in [0.15, 0.2) is 0 Å². The van der Waals surface area contributed by atoms with Gasteiger partial charge < -0.3 is 10.2 Å². The molecule has 2 heteroatoms. The second kappa shape index (κ2) is 10.8. The first-order valence-electron chi connectivity index (χ1n) is 8.06. The highest BCUT2D eigenvalue weighted by Crippen LogP contribution is 2.14. The van der Waals surface area contributed by atoms with Crippen LogP contribution in [0.25, 0.3) is 0 Å². The van der Waals surface area contributed by atoms with Crippen LogP contribution in [0.5, 0.6) is 0 Å². The van der Waals surface area contributed by atoms with Gasteiger partial charge in [0.05, 0.1) is 0 Å². The molecule has 0 bridgehead atoms. The molecule has 0 rings (SSSR count). The van der Waals surface area contributed by atoms with Crippen molar-refractivity contribution in [1.29, 1.82) is 0 Å². The fourth-order valence-electron chi connectivity index (χ4n) is 2.63. The van der Waals surface area contributed by atoms with Crippen LogP contribution in [0, 0.1) is 5.92 Å². The first-order valence-corrected chi connectivity index (χ1v) is 8.06. The molecule has 0 amide bonds. The molecule has 0 saturated heterocycles. The average Bonchev–Trinajstić information content (AvgIpc) is 2.37. The van der Waals surface area contributed by atoms with Crippen molar-refractivity contribution in [3.63, 3.8) is 0 Å². The lowest BCUT2D eigenvalue weighted by molar-refractivity contribution is 0.164. The van der Waals surface area contributed by atoms with Crippen LogP contribution in [0.4, 0.5) is 0 Å². The molecule has 0 aromatic carbocycles. The van der Waals surface area contributed by atoms with Crippen LogP contribution in [0.1, 0.15) is 67.2 Å². The summed E-state index contributed by atoms with van der Waals surface area (Å²) in [5.41, 5.74) is 0. The Morgan fingerprint density at radius 2 is 1.61 bits per heavy atom. The van der Waals surface area contributed by atoms with Gasteiger partial charge in [0, 0.05) is 18.6 Å². The van der Waals surface area contributed by atoms with Gasteiger partial charge in [0.1, 0.15) is 0 Å². The van der Waals surface area contributed by atoms with Crippen LogP contribution in [0.2, 0.25) is 0 Å². The minimum atomic E-state index is 0.635. The Bertz CT molecular complexity index is 178. The fourth-order valence-corrected chi connectivity index (χ4v) is 2.63. The highest BCUT2D eigenvalue weighted by molar-refractivity contribution is 4.74. The third-order valence-electron chi connectivity index (χ3n) is 4.11. The van der Waals surface area contributed by atoms with E-state index in [2.05, 4.69) is 51.8 Å². The fraction of sp³-hybridized carbons (Fsp3) is 1.00. The summed E-state index contributed by atoms with van der Waals surface area (Å²) < 4.78 is 0. The second-order valence-corrected chi connectivity index (χ2v) is 5.71. The molecule has 0 aromatic heterocycles. The van der Waals surface area contributed by atoms with Gasteiger partial charge in [-0.15, -0.1) is 0 Å². The van der Waals surface area contributed by atoms with E-state index in [4.69, 9.17) is 0 Å². The quantitative estimate of drug-likeness (QED) is 0.603. The Morgan fingerprint density at radius 1 is 1.00 bits per heavy atom. The summed E-state index contributed by atoms with van der Waals surface area (Å²) >= 11 is 0. The van der Waals surface area contributed by atoms with Gasteiger partial charge in [-0.1, -0.05) is 40.5 Å². The van der Waals surface area contributed by atoms with E-state index in [1.54, 1.807) is 0 Å². The maximum absolute atomic E-state index is 3.60. The molecule has 0 aliphatic carbocycles. The van der Waals surface area contributed by atoms with Crippen LogP contribution in [0.15, 0.2) is 0 Å². The summed E-state index contributed by atoms with van der Waals surface area (Å²) in [6, 6.07) is 1.32. The molecule has 0 heterocycles. The van der Waals surface area contributed by atoms with Crippen molar-refractivity contribution in [3.8, 4) is 0 Å². The third-order valence-corrected chi connectivity index (χ3v) is 4.11. The van der Waals surface area contributed by atoms with E-state index < -0.39 is 0 Å². The van der Waals surface area contributed by atoms with Crippen molar-refractivity contribution in [1.82, 2.24) is 10.2 Å². The Balaban J connectivity index is 4.12. The van der Waals surface area contributed by atoms with Gasteiger partial charge >= 0.3 is 0 Å². The molecule has 2 unspecified atom stereocenters. The molecule has 0 aliphatic heterocycles. The molecule has 0 spiro atoms. The van der Waals surface area contributed by atoms with Crippen molar-refractivity contribution >= 4 is 0 Å². The summed E-state index contributed by atoms with van der Waals surface area (Å²) in [5, 5.41) is 3.60. The minimum Gasteiger partial charge on any atom is -0.314 e. The van der Waals surface area contributed by atoms with Crippen LogP contribution in [-0.4, -0.2) is 36.6 Å². The number of hydrogen-bond donors (Lipinski definition) is 1. The number of nitrogens with zero attached hydrogens (tertiary/aromatic N) is 1. The smallest absolute Gasteiger partial charge is 0.00816 e. The normalized spacial score (nSPS) is 15.3. The lowest BCUT2D eigenvalue weighted by Crippen LogP contribution is -2.41. The standard InChI is InChI=1S/C16H36N2/c1-7-11-17-14(5)12-15(6)18(10-4)13-16(8-2)9-3/h14-17H,7-13H2,1-6H3. The Hall–Kier alpha value is -0.0800. The SMILES string of the molecule is CCCNC(C)CC(C)N(CC)CC(CC)CC. The molecule has 0 radical (unpaired) electrons. The maximum atomic E-state index is 3.60. The highest BCUT2D eigenvalue weighted by atomic mass is 15.1. The zero-order valence-corrected chi connectivity index (χ0v) is 13.6. The molecule has 1 N–H and O–H groups in total. The molecule has 0 aromatic rings. The molecule has 0 fully saturated rings. The zero-order valence-electron chi connectivity index (χ0n) is 13.6. The summed E-state index contributed by atoms with van der Waals surface area (Å²) in [7, 11) is 0. The molecule has 110 valence electrons. The van der Waals surface area contributed by atoms with Gasteiger partial charge in [-0.2, -0.15) is 0 Å². The molecular weight excluding hydrogens is 220 g/mol. The second-order valence-electron chi connectivity index (χ2n) is 5.71. The van der Waals surface area contributed by atoms with Crippen LogP contribution < -0.4 is 5.32 Å². The van der Waals surface area contributed by atoms with Crippen molar-refractivity contribution in [2.75, 3.05) is 19.6 Å². The minimum absolute atomic E-state index is 0.635. The lowest BCUT2D eigenvalue weighted by atomic mass is 10.0. The molecule has 0 aliphatic rings. The summed E-state index contributed by atoms with van der Waals surface area (Å²) in [5.74, 6) is 0.867. The van der Waals surface area contributed by atoms with E-state index in [0.29, 0.717) is 12.1 Å². The van der Waals surface area contributed by atoms with Gasteiger partial charge in [0.25, 0.3) is 0 Å². The Kier molecular flexibility index (Phi) is 10.8. The monoisotopic (exact) mass is 256 g/mol. The van der Waals surface area contributed by atoms with E-state index in [1.807, 2.05) is 0 Å². The van der Waals surface area contributed by atoms with Crippen LogP contribution in [-0.2, 0) is 0 Å². The predicted octanol–water partition coefficient (Wildman–Crippen LogP) is 3.91. The number of rotatable bonds is 11.